The minimum atomic E-state index is 0.186. The molecular weight excluding hydrogens is 196 g/mol. The van der Waals surface area contributed by atoms with Crippen molar-refractivity contribution in [2.45, 2.75) is 26.2 Å². The molecule has 1 aromatic carbocycles. The average molecular weight is 214 g/mol. The van der Waals surface area contributed by atoms with Crippen LogP contribution in [-0.2, 0) is 0 Å². The molecule has 1 N–H and O–H groups in total. The van der Waals surface area contributed by atoms with E-state index in [1.165, 1.54) is 5.56 Å². The first-order valence-corrected chi connectivity index (χ1v) is 5.75. The van der Waals surface area contributed by atoms with Gasteiger partial charge in [0.05, 0.1) is 0 Å². The van der Waals surface area contributed by atoms with Crippen molar-refractivity contribution in [1.82, 2.24) is 0 Å². The lowest BCUT2D eigenvalue weighted by Gasteiger charge is -2.33. The Bertz CT molecular complexity index is 414. The van der Waals surface area contributed by atoms with Crippen molar-refractivity contribution >= 4 is 0 Å². The van der Waals surface area contributed by atoms with Gasteiger partial charge in [-0.25, -0.2) is 0 Å². The quantitative estimate of drug-likeness (QED) is 0.788. The zero-order valence-corrected chi connectivity index (χ0v) is 9.85. The number of benzene rings is 1. The maximum atomic E-state index is 9.29. The largest absolute Gasteiger partial charge is 0.508 e. The summed E-state index contributed by atoms with van der Waals surface area (Å²) in [5.41, 5.74) is 1.46. The summed E-state index contributed by atoms with van der Waals surface area (Å²) in [7, 11) is 0. The average Bonchev–Trinajstić information content (AvgIpc) is 2.30. The molecule has 0 aliphatic heterocycles. The Kier molecular flexibility index (Phi) is 2.86. The maximum absolute atomic E-state index is 9.29. The van der Waals surface area contributed by atoms with E-state index in [1.807, 2.05) is 12.1 Å². The van der Waals surface area contributed by atoms with Crippen LogP contribution in [0.5, 0.6) is 5.75 Å². The monoisotopic (exact) mass is 214 g/mol. The van der Waals surface area contributed by atoms with Crippen LogP contribution in [0, 0.1) is 5.41 Å². The van der Waals surface area contributed by atoms with Crippen LogP contribution >= 0.6 is 0 Å². The number of phenolic OH excluding ortho intramolecular Hbond substituents is 1. The van der Waals surface area contributed by atoms with Crippen LogP contribution in [-0.4, -0.2) is 5.11 Å². The Morgan fingerprint density at radius 2 is 1.88 bits per heavy atom. The molecule has 1 aliphatic carbocycles. The van der Waals surface area contributed by atoms with Crippen LogP contribution in [0.1, 0.15) is 31.7 Å². The molecule has 0 bridgehead atoms. The third-order valence-electron chi connectivity index (χ3n) is 3.66. The molecule has 2 unspecified atom stereocenters. The molecule has 0 amide bonds. The first kappa shape index (κ1) is 11.0. The van der Waals surface area contributed by atoms with E-state index in [-0.39, 0.29) is 5.41 Å². The van der Waals surface area contributed by atoms with Crippen LogP contribution in [0.4, 0.5) is 0 Å². The molecule has 1 aliphatic rings. The molecule has 1 heteroatoms. The van der Waals surface area contributed by atoms with Crippen LogP contribution < -0.4 is 0 Å². The number of phenols is 1. The van der Waals surface area contributed by atoms with Crippen molar-refractivity contribution in [3.63, 3.8) is 0 Å². The Labute approximate surface area is 97.1 Å². The lowest BCUT2D eigenvalue weighted by Crippen LogP contribution is -2.21. The molecule has 0 aromatic heterocycles. The second-order valence-corrected chi connectivity index (χ2v) is 4.81. The molecule has 2 atom stereocenters. The van der Waals surface area contributed by atoms with Gasteiger partial charge in [0.1, 0.15) is 5.75 Å². The van der Waals surface area contributed by atoms with Crippen molar-refractivity contribution < 1.29 is 5.11 Å². The molecular formula is C15H18O. The molecule has 1 aromatic rings. The third kappa shape index (κ3) is 2.04. The highest BCUT2D eigenvalue weighted by atomic mass is 16.3. The first-order chi connectivity index (χ1) is 7.62. The van der Waals surface area contributed by atoms with E-state index in [0.717, 1.165) is 6.42 Å². The summed E-state index contributed by atoms with van der Waals surface area (Å²) in [6.07, 6.45) is 9.80. The highest BCUT2D eigenvalue weighted by Crippen LogP contribution is 2.41. The number of aromatic hydroxyl groups is 1. The minimum absolute atomic E-state index is 0.186. The molecule has 0 saturated carbocycles. The van der Waals surface area contributed by atoms with Gasteiger partial charge in [-0.15, -0.1) is 0 Å². The van der Waals surface area contributed by atoms with E-state index in [4.69, 9.17) is 0 Å². The second kappa shape index (κ2) is 4.17. The summed E-state index contributed by atoms with van der Waals surface area (Å²) < 4.78 is 0. The summed E-state index contributed by atoms with van der Waals surface area (Å²) in [6.45, 7) is 4.53. The number of hydrogen-bond donors (Lipinski definition) is 1. The normalized spacial score (nSPS) is 25.6. The number of rotatable bonds is 2. The fraction of sp³-hybridized carbons (Fsp3) is 0.333. The molecule has 0 radical (unpaired) electrons. The zero-order valence-electron chi connectivity index (χ0n) is 9.85. The molecule has 0 heterocycles. The molecule has 16 heavy (non-hydrogen) atoms. The molecule has 2 rings (SSSR count). The first-order valence-electron chi connectivity index (χ1n) is 5.75. The highest BCUT2D eigenvalue weighted by molar-refractivity contribution is 5.31. The third-order valence-corrected chi connectivity index (χ3v) is 3.66. The number of hydrogen-bond acceptors (Lipinski definition) is 1. The predicted octanol–water partition coefficient (Wildman–Crippen LogP) is 4.02. The van der Waals surface area contributed by atoms with Gasteiger partial charge in [-0.3, -0.25) is 0 Å². The minimum Gasteiger partial charge on any atom is -0.508 e. The van der Waals surface area contributed by atoms with Crippen LogP contribution in [0.3, 0.4) is 0 Å². The maximum Gasteiger partial charge on any atom is 0.115 e. The van der Waals surface area contributed by atoms with Crippen molar-refractivity contribution in [2.75, 3.05) is 0 Å². The summed E-state index contributed by atoms with van der Waals surface area (Å²) in [6, 6.07) is 7.55. The Balaban J connectivity index is 2.24. The van der Waals surface area contributed by atoms with Crippen molar-refractivity contribution in [1.29, 1.82) is 0 Å². The molecule has 0 spiro atoms. The van der Waals surface area contributed by atoms with Gasteiger partial charge >= 0.3 is 0 Å². The van der Waals surface area contributed by atoms with Crippen LogP contribution in [0.2, 0.25) is 0 Å². The summed E-state index contributed by atoms with van der Waals surface area (Å²) in [4.78, 5) is 0. The van der Waals surface area contributed by atoms with E-state index in [0.29, 0.717) is 11.7 Å². The van der Waals surface area contributed by atoms with Gasteiger partial charge in [0.2, 0.25) is 0 Å². The van der Waals surface area contributed by atoms with Crippen LogP contribution in [0.25, 0.3) is 0 Å². The van der Waals surface area contributed by atoms with Gasteiger partial charge in [-0.1, -0.05) is 50.3 Å². The lowest BCUT2D eigenvalue weighted by molar-refractivity contribution is 0.355. The SMILES string of the molecule is CC(c1ccc(O)cc1)C1(C)C=CC=CC1. The lowest BCUT2D eigenvalue weighted by atomic mass is 9.71. The smallest absolute Gasteiger partial charge is 0.115 e. The van der Waals surface area contributed by atoms with E-state index < -0.39 is 0 Å². The predicted molar refractivity (Wildman–Crippen MR) is 67.5 cm³/mol. The van der Waals surface area contributed by atoms with Crippen LogP contribution in [0.15, 0.2) is 48.6 Å². The molecule has 0 fully saturated rings. The van der Waals surface area contributed by atoms with Gasteiger partial charge in [0.25, 0.3) is 0 Å². The molecule has 1 nitrogen and oxygen atoms in total. The summed E-state index contributed by atoms with van der Waals surface area (Å²) >= 11 is 0. The van der Waals surface area contributed by atoms with Gasteiger partial charge in [-0.2, -0.15) is 0 Å². The fourth-order valence-corrected chi connectivity index (χ4v) is 2.21. The Morgan fingerprint density at radius 1 is 1.19 bits per heavy atom. The topological polar surface area (TPSA) is 20.2 Å². The van der Waals surface area contributed by atoms with Gasteiger partial charge < -0.3 is 5.11 Å². The number of allylic oxidation sites excluding steroid dienone is 4. The second-order valence-electron chi connectivity index (χ2n) is 4.81. The fourth-order valence-electron chi connectivity index (χ4n) is 2.21. The van der Waals surface area contributed by atoms with E-state index >= 15 is 0 Å². The summed E-state index contributed by atoms with van der Waals surface area (Å²) in [5.74, 6) is 0.787. The van der Waals surface area contributed by atoms with Crippen molar-refractivity contribution in [3.05, 3.63) is 54.1 Å². The standard InChI is InChI=1S/C15H18O/c1-12(13-6-8-14(16)9-7-13)15(2)10-4-3-5-11-15/h3-10,12,16H,11H2,1-2H3. The summed E-state index contributed by atoms with van der Waals surface area (Å²) in [5, 5.41) is 9.29. The van der Waals surface area contributed by atoms with E-state index in [9.17, 15) is 5.11 Å². The highest BCUT2D eigenvalue weighted by Gasteiger charge is 2.29. The van der Waals surface area contributed by atoms with Crippen molar-refractivity contribution in [3.8, 4) is 5.75 Å². The Hall–Kier alpha value is -1.50. The van der Waals surface area contributed by atoms with Crippen molar-refractivity contribution in [2.24, 2.45) is 5.41 Å². The van der Waals surface area contributed by atoms with Gasteiger partial charge in [0.15, 0.2) is 0 Å². The van der Waals surface area contributed by atoms with E-state index in [2.05, 4.69) is 38.2 Å². The van der Waals surface area contributed by atoms with Gasteiger partial charge in [0, 0.05) is 0 Å². The molecule has 84 valence electrons. The Morgan fingerprint density at radius 3 is 2.44 bits per heavy atom. The zero-order chi connectivity index (χ0) is 11.6. The van der Waals surface area contributed by atoms with E-state index in [1.54, 1.807) is 12.1 Å². The molecule has 0 saturated heterocycles. The van der Waals surface area contributed by atoms with Gasteiger partial charge in [-0.05, 0) is 35.4 Å².